The minimum Gasteiger partial charge on any atom is -0.453 e. The van der Waals surface area contributed by atoms with E-state index in [1.165, 1.54) is 6.08 Å². The van der Waals surface area contributed by atoms with Crippen LogP contribution < -0.4 is 10.6 Å². The van der Waals surface area contributed by atoms with Gasteiger partial charge in [-0.3, -0.25) is 4.79 Å². The molecular formula is C20H18Cl3N3O3. The Labute approximate surface area is 183 Å². The van der Waals surface area contributed by atoms with Crippen LogP contribution in [-0.4, -0.2) is 30.4 Å². The number of hydrogen-bond acceptors (Lipinski definition) is 6. The summed E-state index contributed by atoms with van der Waals surface area (Å²) in [5, 5.41) is -0.413. The topological polar surface area (TPSA) is 85.5 Å². The Morgan fingerprint density at radius 2 is 1.86 bits per heavy atom. The van der Waals surface area contributed by atoms with Crippen molar-refractivity contribution in [3.63, 3.8) is 0 Å². The lowest BCUT2D eigenvalue weighted by molar-refractivity contribution is -0.117. The number of nitrogens with zero attached hydrogens (tertiary/aromatic N) is 2. The first kappa shape index (κ1) is 21.4. The van der Waals surface area contributed by atoms with Gasteiger partial charge < -0.3 is 15.4 Å². The van der Waals surface area contributed by atoms with E-state index in [0.717, 1.165) is 16.9 Å². The van der Waals surface area contributed by atoms with Crippen molar-refractivity contribution in [3.05, 3.63) is 62.5 Å². The van der Waals surface area contributed by atoms with Gasteiger partial charge in [0.05, 0.1) is 10.7 Å². The van der Waals surface area contributed by atoms with Gasteiger partial charge in [0.1, 0.15) is 5.02 Å². The number of ketones is 1. The van der Waals surface area contributed by atoms with E-state index in [2.05, 4.69) is 4.98 Å². The molecule has 0 aliphatic carbocycles. The fourth-order valence-electron chi connectivity index (χ4n) is 3.32. The van der Waals surface area contributed by atoms with Crippen LogP contribution >= 0.6 is 34.8 Å². The summed E-state index contributed by atoms with van der Waals surface area (Å²) in [6.07, 6.45) is 1.48. The minimum absolute atomic E-state index is 0.0555. The highest BCUT2D eigenvalue weighted by Gasteiger charge is 2.38. The summed E-state index contributed by atoms with van der Waals surface area (Å²) < 4.78 is 5.06. The highest BCUT2D eigenvalue weighted by molar-refractivity contribution is 6.46. The lowest BCUT2D eigenvalue weighted by Crippen LogP contribution is -2.25. The molecule has 0 amide bonds. The van der Waals surface area contributed by atoms with Crippen molar-refractivity contribution in [2.45, 2.75) is 19.3 Å². The number of aromatic nitrogens is 1. The zero-order valence-corrected chi connectivity index (χ0v) is 18.2. The number of nitrogens with two attached hydrogens (primary N) is 1. The molecule has 0 saturated carbocycles. The number of pyridine rings is 1. The number of likely N-dealkylation sites (N-methyl/N-ethyl adjacent to an activating group) is 1. The van der Waals surface area contributed by atoms with E-state index in [-0.39, 0.29) is 37.8 Å². The largest absolute Gasteiger partial charge is 0.453 e. The second-order valence-electron chi connectivity index (χ2n) is 7.07. The van der Waals surface area contributed by atoms with Crippen LogP contribution in [-0.2, 0) is 14.9 Å². The maximum absolute atomic E-state index is 12.5. The zero-order chi connectivity index (χ0) is 21.5. The predicted octanol–water partition coefficient (Wildman–Crippen LogP) is 4.66. The third-order valence-corrected chi connectivity index (χ3v) is 5.98. The Hall–Kier alpha value is -2.28. The Morgan fingerprint density at radius 3 is 2.52 bits per heavy atom. The second kappa shape index (κ2) is 7.86. The van der Waals surface area contributed by atoms with Crippen molar-refractivity contribution in [2.75, 3.05) is 24.3 Å². The summed E-state index contributed by atoms with van der Waals surface area (Å²) in [6, 6.07) is 7.92. The van der Waals surface area contributed by atoms with E-state index in [1.54, 1.807) is 0 Å². The number of allylic oxidation sites excluding steroid dienone is 1. The normalized spacial score (nSPS) is 16.1. The number of ether oxygens (including phenoxy) is 1. The molecule has 0 atom stereocenters. The number of halogens is 3. The molecular weight excluding hydrogens is 437 g/mol. The first-order valence-corrected chi connectivity index (χ1v) is 9.74. The zero-order valence-electron chi connectivity index (χ0n) is 15.9. The Morgan fingerprint density at radius 1 is 1.21 bits per heavy atom. The number of para-hydroxylation sites is 1. The van der Waals surface area contributed by atoms with Gasteiger partial charge in [-0.15, -0.1) is 0 Å². The number of fused-ring (bicyclic) bond motifs is 1. The van der Waals surface area contributed by atoms with Crippen molar-refractivity contribution in [1.82, 2.24) is 4.98 Å². The predicted molar refractivity (Wildman–Crippen MR) is 115 cm³/mol. The number of carbonyl (C=O) groups excluding carboxylic acids is 2. The average molecular weight is 455 g/mol. The van der Waals surface area contributed by atoms with Crippen LogP contribution in [0.2, 0.25) is 15.2 Å². The first-order chi connectivity index (χ1) is 13.6. The van der Waals surface area contributed by atoms with Gasteiger partial charge in [0.2, 0.25) is 0 Å². The molecule has 152 valence electrons. The molecule has 9 heteroatoms. The molecule has 0 spiro atoms. The quantitative estimate of drug-likeness (QED) is 0.411. The van der Waals surface area contributed by atoms with Gasteiger partial charge in [-0.2, -0.15) is 0 Å². The summed E-state index contributed by atoms with van der Waals surface area (Å²) in [5.41, 5.74) is 7.88. The van der Waals surface area contributed by atoms with Gasteiger partial charge in [-0.1, -0.05) is 66.8 Å². The SMILES string of the molecule is CN1/C(=C/C(=O)COC(=O)c2nc(Cl)c(Cl)c(N)c2Cl)C(C)(C)c2ccccc21. The average Bonchev–Trinajstić information content (AvgIpc) is 2.88. The number of esters is 1. The van der Waals surface area contributed by atoms with Crippen LogP contribution in [0.3, 0.4) is 0 Å². The maximum Gasteiger partial charge on any atom is 0.359 e. The lowest BCUT2D eigenvalue weighted by Gasteiger charge is -2.23. The summed E-state index contributed by atoms with van der Waals surface area (Å²) >= 11 is 17.7. The molecule has 2 N–H and O–H groups in total. The maximum atomic E-state index is 12.5. The van der Waals surface area contributed by atoms with Gasteiger partial charge in [0.15, 0.2) is 23.2 Å². The van der Waals surface area contributed by atoms with Crippen LogP contribution in [0.5, 0.6) is 0 Å². The second-order valence-corrected chi connectivity index (χ2v) is 8.18. The van der Waals surface area contributed by atoms with E-state index >= 15 is 0 Å². The highest BCUT2D eigenvalue weighted by Crippen LogP contribution is 2.46. The van der Waals surface area contributed by atoms with Gasteiger partial charge in [0.25, 0.3) is 0 Å². The third-order valence-electron chi connectivity index (χ3n) is 4.85. The molecule has 0 radical (unpaired) electrons. The van der Waals surface area contributed by atoms with Crippen LogP contribution in [0.15, 0.2) is 36.0 Å². The molecule has 6 nitrogen and oxygen atoms in total. The molecule has 1 aliphatic rings. The van der Waals surface area contributed by atoms with Crippen LogP contribution in [0.4, 0.5) is 11.4 Å². The van der Waals surface area contributed by atoms with Gasteiger partial charge in [0, 0.05) is 29.9 Å². The Kier molecular flexibility index (Phi) is 5.81. The Bertz CT molecular complexity index is 1050. The van der Waals surface area contributed by atoms with Crippen LogP contribution in [0, 0.1) is 0 Å². The van der Waals surface area contributed by atoms with Crippen LogP contribution in [0.1, 0.15) is 29.9 Å². The summed E-state index contributed by atoms with van der Waals surface area (Å²) in [4.78, 5) is 30.5. The number of carbonyl (C=O) groups is 2. The number of hydrogen-bond donors (Lipinski definition) is 1. The molecule has 0 bridgehead atoms. The molecule has 0 saturated heterocycles. The van der Waals surface area contributed by atoms with E-state index in [1.807, 2.05) is 50.1 Å². The van der Waals surface area contributed by atoms with Gasteiger partial charge >= 0.3 is 5.97 Å². The molecule has 1 aliphatic heterocycles. The molecule has 2 aromatic rings. The van der Waals surface area contributed by atoms with Crippen molar-refractivity contribution in [3.8, 4) is 0 Å². The van der Waals surface area contributed by atoms with E-state index in [9.17, 15) is 9.59 Å². The fraction of sp³-hybridized carbons (Fsp3) is 0.250. The molecule has 29 heavy (non-hydrogen) atoms. The van der Waals surface area contributed by atoms with Crippen molar-refractivity contribution in [2.24, 2.45) is 0 Å². The summed E-state index contributed by atoms with van der Waals surface area (Å²) in [5.74, 6) is -1.31. The molecule has 0 fully saturated rings. The highest BCUT2D eigenvalue weighted by atomic mass is 35.5. The lowest BCUT2D eigenvalue weighted by atomic mass is 9.83. The minimum atomic E-state index is -0.922. The molecule has 2 heterocycles. The van der Waals surface area contributed by atoms with Crippen molar-refractivity contribution in [1.29, 1.82) is 0 Å². The monoisotopic (exact) mass is 453 g/mol. The standard InChI is InChI=1S/C20H18Cl3N3O3/c1-20(2)11-6-4-5-7-12(11)26(3)13(20)8-10(27)9-29-19(28)17-14(21)16(24)15(22)18(23)25-17/h4-8H,9H2,1-3H3,(H2,24,25)/b13-8+. The van der Waals surface area contributed by atoms with E-state index < -0.39 is 12.6 Å². The van der Waals surface area contributed by atoms with Gasteiger partial charge in [-0.25, -0.2) is 9.78 Å². The number of benzene rings is 1. The van der Waals surface area contributed by atoms with Crippen molar-refractivity contribution >= 4 is 57.9 Å². The fourth-order valence-corrected chi connectivity index (χ4v) is 3.91. The number of rotatable bonds is 4. The number of anilines is 2. The van der Waals surface area contributed by atoms with Crippen molar-refractivity contribution < 1.29 is 14.3 Å². The molecule has 0 unspecified atom stereocenters. The van der Waals surface area contributed by atoms with E-state index in [4.69, 9.17) is 45.3 Å². The summed E-state index contributed by atoms with van der Waals surface area (Å²) in [7, 11) is 1.89. The molecule has 3 rings (SSSR count). The smallest absolute Gasteiger partial charge is 0.359 e. The van der Waals surface area contributed by atoms with Crippen LogP contribution in [0.25, 0.3) is 0 Å². The molecule has 1 aromatic heterocycles. The Balaban J connectivity index is 1.77. The molecule has 1 aromatic carbocycles. The first-order valence-electron chi connectivity index (χ1n) is 8.61. The van der Waals surface area contributed by atoms with Gasteiger partial charge in [-0.05, 0) is 11.6 Å². The number of nitrogen functional groups attached to an aromatic ring is 1. The summed E-state index contributed by atoms with van der Waals surface area (Å²) in [6.45, 7) is 3.58. The third kappa shape index (κ3) is 3.80. The van der Waals surface area contributed by atoms with E-state index in [0.29, 0.717) is 0 Å².